The van der Waals surface area contributed by atoms with E-state index in [0.717, 1.165) is 31.4 Å². The third-order valence-electron chi connectivity index (χ3n) is 2.31. The monoisotopic (exact) mass is 270 g/mol. The zero-order chi connectivity index (χ0) is 14.5. The molecule has 0 bridgehead atoms. The number of esters is 2. The second-order valence-electron chi connectivity index (χ2n) is 3.78. The van der Waals surface area contributed by atoms with Crippen LogP contribution in [-0.2, 0) is 23.8 Å². The lowest BCUT2D eigenvalue weighted by atomic mass is 10.1. The molecule has 0 amide bonds. The molecule has 0 aliphatic carbocycles. The van der Waals surface area contributed by atoms with Gasteiger partial charge in [0.15, 0.2) is 0 Å². The van der Waals surface area contributed by atoms with Crippen LogP contribution in [0.1, 0.15) is 26.2 Å². The predicted octanol–water partition coefficient (Wildman–Crippen LogP) is 2.02. The Hall–Kier alpha value is -1.62. The van der Waals surface area contributed by atoms with Gasteiger partial charge in [0.05, 0.1) is 12.7 Å². The van der Waals surface area contributed by atoms with Crippen molar-refractivity contribution in [1.29, 1.82) is 0 Å². The van der Waals surface area contributed by atoms with Crippen molar-refractivity contribution in [1.82, 2.24) is 0 Å². The first-order valence-electron chi connectivity index (χ1n) is 6.34. The molecule has 0 aliphatic heterocycles. The van der Waals surface area contributed by atoms with Gasteiger partial charge in [-0.05, 0) is 26.2 Å². The number of hydrogen-bond acceptors (Lipinski definition) is 5. The van der Waals surface area contributed by atoms with Crippen molar-refractivity contribution in [3.05, 3.63) is 25.3 Å². The molecule has 0 saturated heterocycles. The van der Waals surface area contributed by atoms with Gasteiger partial charge in [0.1, 0.15) is 6.61 Å². The minimum Gasteiger partial charge on any atom is -0.463 e. The van der Waals surface area contributed by atoms with Crippen LogP contribution in [0.4, 0.5) is 0 Å². The Morgan fingerprint density at radius 1 is 1.11 bits per heavy atom. The summed E-state index contributed by atoms with van der Waals surface area (Å²) in [5.41, 5.74) is 0. The van der Waals surface area contributed by atoms with E-state index in [2.05, 4.69) is 13.2 Å². The number of unbranched alkanes of at least 4 members (excludes halogenated alkanes) is 1. The summed E-state index contributed by atoms with van der Waals surface area (Å²) >= 11 is 0. The molecule has 19 heavy (non-hydrogen) atoms. The van der Waals surface area contributed by atoms with E-state index < -0.39 is 11.9 Å². The molecule has 0 aliphatic rings. The van der Waals surface area contributed by atoms with Gasteiger partial charge in [0.25, 0.3) is 0 Å². The first-order valence-corrected chi connectivity index (χ1v) is 6.34. The fraction of sp³-hybridized carbons (Fsp3) is 0.571. The summed E-state index contributed by atoms with van der Waals surface area (Å²) in [4.78, 5) is 21.7. The number of hydrogen-bond donors (Lipinski definition) is 0. The molecule has 0 rings (SSSR count). The number of carbonyl (C=O) groups is 2. The minimum atomic E-state index is -0.454. The summed E-state index contributed by atoms with van der Waals surface area (Å²) in [5, 5.41) is 0. The summed E-state index contributed by atoms with van der Waals surface area (Å²) in [6.07, 6.45) is 4.42. The predicted molar refractivity (Wildman–Crippen MR) is 71.6 cm³/mol. The summed E-state index contributed by atoms with van der Waals surface area (Å²) in [6.45, 7) is 9.64. The number of ether oxygens (including phenoxy) is 3. The van der Waals surface area contributed by atoms with Gasteiger partial charge in [-0.3, -0.25) is 0 Å². The Kier molecular flexibility index (Phi) is 10.5. The summed E-state index contributed by atoms with van der Waals surface area (Å²) in [7, 11) is 0. The molecule has 0 saturated carbocycles. The van der Waals surface area contributed by atoms with E-state index in [9.17, 15) is 9.59 Å². The van der Waals surface area contributed by atoms with Crippen molar-refractivity contribution in [3.63, 3.8) is 0 Å². The second-order valence-corrected chi connectivity index (χ2v) is 3.78. The molecular weight excluding hydrogens is 248 g/mol. The van der Waals surface area contributed by atoms with Crippen LogP contribution in [0.2, 0.25) is 0 Å². The molecule has 1 atom stereocenters. The quantitative estimate of drug-likeness (QED) is 0.326. The van der Waals surface area contributed by atoms with Crippen molar-refractivity contribution < 1.29 is 23.8 Å². The lowest BCUT2D eigenvalue weighted by Gasteiger charge is -2.16. The van der Waals surface area contributed by atoms with Crippen LogP contribution in [0.3, 0.4) is 0 Å². The van der Waals surface area contributed by atoms with Crippen LogP contribution >= 0.6 is 0 Å². The lowest BCUT2D eigenvalue weighted by Crippen LogP contribution is -2.22. The maximum atomic E-state index is 10.9. The van der Waals surface area contributed by atoms with Gasteiger partial charge in [-0.2, -0.15) is 0 Å². The van der Waals surface area contributed by atoms with Crippen LogP contribution in [0.25, 0.3) is 0 Å². The van der Waals surface area contributed by atoms with Crippen LogP contribution < -0.4 is 0 Å². The van der Waals surface area contributed by atoms with Crippen LogP contribution in [0.5, 0.6) is 0 Å². The molecular formula is C14H22O5. The highest BCUT2D eigenvalue weighted by Gasteiger charge is 2.10. The molecule has 0 fully saturated rings. The molecule has 0 aromatic heterocycles. The zero-order valence-electron chi connectivity index (χ0n) is 11.4. The molecule has 0 aromatic carbocycles. The first-order chi connectivity index (χ1) is 9.13. The third-order valence-corrected chi connectivity index (χ3v) is 2.31. The van der Waals surface area contributed by atoms with Crippen LogP contribution in [0, 0.1) is 0 Å². The average Bonchev–Trinajstić information content (AvgIpc) is 2.43. The molecule has 0 heterocycles. The molecule has 108 valence electrons. The second kappa shape index (κ2) is 11.5. The molecule has 0 radical (unpaired) electrons. The van der Waals surface area contributed by atoms with Gasteiger partial charge in [-0.1, -0.05) is 13.2 Å². The Morgan fingerprint density at radius 3 is 2.32 bits per heavy atom. The lowest BCUT2D eigenvalue weighted by molar-refractivity contribution is -0.142. The summed E-state index contributed by atoms with van der Waals surface area (Å²) in [6, 6.07) is 0. The van der Waals surface area contributed by atoms with Gasteiger partial charge in [-0.25, -0.2) is 9.59 Å². The highest BCUT2D eigenvalue weighted by atomic mass is 16.6. The van der Waals surface area contributed by atoms with E-state index in [0.29, 0.717) is 13.2 Å². The molecule has 5 nitrogen and oxygen atoms in total. The van der Waals surface area contributed by atoms with Gasteiger partial charge in [0, 0.05) is 18.8 Å². The van der Waals surface area contributed by atoms with Gasteiger partial charge in [0.2, 0.25) is 0 Å². The van der Waals surface area contributed by atoms with E-state index in [-0.39, 0.29) is 12.7 Å². The molecule has 0 aromatic rings. The van der Waals surface area contributed by atoms with Gasteiger partial charge in [-0.15, -0.1) is 0 Å². The Bertz CT molecular complexity index is 298. The summed E-state index contributed by atoms with van der Waals surface area (Å²) in [5.74, 6) is -0.870. The minimum absolute atomic E-state index is 0.135. The molecule has 0 N–H and O–H groups in total. The first kappa shape index (κ1) is 17.4. The smallest absolute Gasteiger partial charge is 0.330 e. The number of carbonyl (C=O) groups excluding carboxylic acids is 2. The van der Waals surface area contributed by atoms with Gasteiger partial charge < -0.3 is 14.2 Å². The average molecular weight is 270 g/mol. The van der Waals surface area contributed by atoms with Crippen LogP contribution in [0.15, 0.2) is 25.3 Å². The number of rotatable bonds is 11. The van der Waals surface area contributed by atoms with Gasteiger partial charge >= 0.3 is 11.9 Å². The highest BCUT2D eigenvalue weighted by Crippen LogP contribution is 2.06. The third kappa shape index (κ3) is 10.0. The Balaban J connectivity index is 3.75. The standard InChI is InChI=1S/C14H22O5/c1-4-13(15)18-10-8-7-9-12(17-6-3)11-19-14(16)5-2/h4-5,12H,1-2,6-11H2,3H3. The van der Waals surface area contributed by atoms with E-state index >= 15 is 0 Å². The van der Waals surface area contributed by atoms with Crippen LogP contribution in [-0.4, -0.2) is 37.9 Å². The Morgan fingerprint density at radius 2 is 1.74 bits per heavy atom. The van der Waals surface area contributed by atoms with E-state index in [4.69, 9.17) is 14.2 Å². The van der Waals surface area contributed by atoms with Crippen molar-refractivity contribution in [2.75, 3.05) is 19.8 Å². The topological polar surface area (TPSA) is 61.8 Å². The maximum absolute atomic E-state index is 10.9. The zero-order valence-corrected chi connectivity index (χ0v) is 11.4. The highest BCUT2D eigenvalue weighted by molar-refractivity contribution is 5.81. The van der Waals surface area contributed by atoms with E-state index in [1.165, 1.54) is 0 Å². The fourth-order valence-electron chi connectivity index (χ4n) is 1.39. The van der Waals surface area contributed by atoms with E-state index in [1.807, 2.05) is 6.92 Å². The van der Waals surface area contributed by atoms with Crippen molar-refractivity contribution in [3.8, 4) is 0 Å². The largest absolute Gasteiger partial charge is 0.463 e. The normalized spacial score (nSPS) is 11.4. The van der Waals surface area contributed by atoms with Crippen molar-refractivity contribution in [2.45, 2.75) is 32.3 Å². The van der Waals surface area contributed by atoms with E-state index in [1.54, 1.807) is 0 Å². The molecule has 5 heteroatoms. The fourth-order valence-corrected chi connectivity index (χ4v) is 1.39. The maximum Gasteiger partial charge on any atom is 0.330 e. The van der Waals surface area contributed by atoms with Crippen molar-refractivity contribution >= 4 is 11.9 Å². The molecule has 0 spiro atoms. The van der Waals surface area contributed by atoms with Crippen molar-refractivity contribution in [2.24, 2.45) is 0 Å². The molecule has 1 unspecified atom stereocenters. The SMILES string of the molecule is C=CC(=O)OCCCCC(COC(=O)C=C)OCC. The Labute approximate surface area is 114 Å². The summed E-state index contributed by atoms with van der Waals surface area (Å²) < 4.78 is 15.2.